The van der Waals surface area contributed by atoms with E-state index in [2.05, 4.69) is 18.8 Å². The van der Waals surface area contributed by atoms with Gasteiger partial charge in [-0.25, -0.2) is 4.39 Å². The highest BCUT2D eigenvalue weighted by atomic mass is 19.1. The summed E-state index contributed by atoms with van der Waals surface area (Å²) in [6, 6.07) is 4.68. The third-order valence-corrected chi connectivity index (χ3v) is 3.00. The first kappa shape index (κ1) is 15.4. The number of carbonyl (C=O) groups is 1. The summed E-state index contributed by atoms with van der Waals surface area (Å²) in [5, 5.41) is 2.88. The van der Waals surface area contributed by atoms with Gasteiger partial charge in [-0.1, -0.05) is 44.9 Å². The van der Waals surface area contributed by atoms with Crippen LogP contribution in [0.25, 0.3) is 6.08 Å². The van der Waals surface area contributed by atoms with E-state index in [9.17, 15) is 9.18 Å². The van der Waals surface area contributed by atoms with Crippen LogP contribution < -0.4 is 5.32 Å². The van der Waals surface area contributed by atoms with Gasteiger partial charge in [0.05, 0.1) is 6.42 Å². The maximum atomic E-state index is 13.3. The fourth-order valence-electron chi connectivity index (χ4n) is 1.89. The van der Waals surface area contributed by atoms with Crippen LogP contribution >= 0.6 is 0 Å². The van der Waals surface area contributed by atoms with Crippen molar-refractivity contribution in [3.05, 3.63) is 41.7 Å². The molecule has 0 saturated heterocycles. The summed E-state index contributed by atoms with van der Waals surface area (Å²) in [5.41, 5.74) is 1.25. The average molecular weight is 263 g/mol. The normalized spacial score (nSPS) is 10.2. The van der Waals surface area contributed by atoms with E-state index in [1.807, 2.05) is 0 Å². The van der Waals surface area contributed by atoms with Crippen LogP contribution in [0.3, 0.4) is 0 Å². The second-order valence-electron chi connectivity index (χ2n) is 4.65. The zero-order valence-corrected chi connectivity index (χ0v) is 11.5. The maximum Gasteiger partial charge on any atom is 0.224 e. The number of carbonyl (C=O) groups excluding carboxylic acids is 1. The lowest BCUT2D eigenvalue weighted by molar-refractivity contribution is -0.120. The predicted molar refractivity (Wildman–Crippen MR) is 77.3 cm³/mol. The van der Waals surface area contributed by atoms with E-state index in [-0.39, 0.29) is 18.1 Å². The molecule has 0 heterocycles. The van der Waals surface area contributed by atoms with Crippen LogP contribution in [0.1, 0.15) is 43.7 Å². The van der Waals surface area contributed by atoms with Gasteiger partial charge in [-0.3, -0.25) is 4.79 Å². The van der Waals surface area contributed by atoms with Crippen molar-refractivity contribution in [1.82, 2.24) is 5.32 Å². The lowest BCUT2D eigenvalue weighted by atomic mass is 10.1. The predicted octanol–water partition coefficient (Wildman–Crippen LogP) is 3.71. The molecule has 0 radical (unpaired) electrons. The Balaban J connectivity index is 2.38. The minimum Gasteiger partial charge on any atom is -0.356 e. The Bertz CT molecular complexity index is 429. The number of nitrogens with one attached hydrogen (secondary N) is 1. The summed E-state index contributed by atoms with van der Waals surface area (Å²) in [5.74, 6) is -0.322. The molecule has 0 spiro atoms. The van der Waals surface area contributed by atoms with Gasteiger partial charge < -0.3 is 5.32 Å². The highest BCUT2D eigenvalue weighted by molar-refractivity contribution is 5.78. The maximum absolute atomic E-state index is 13.3. The molecule has 1 rings (SSSR count). The highest BCUT2D eigenvalue weighted by Gasteiger charge is 2.05. The Labute approximate surface area is 114 Å². The molecule has 1 aromatic carbocycles. The molecular weight excluding hydrogens is 241 g/mol. The Kier molecular flexibility index (Phi) is 6.86. The average Bonchev–Trinajstić information content (AvgIpc) is 2.40. The van der Waals surface area contributed by atoms with Crippen LogP contribution in [-0.2, 0) is 11.2 Å². The third kappa shape index (κ3) is 5.69. The van der Waals surface area contributed by atoms with Crippen LogP contribution in [0.5, 0.6) is 0 Å². The van der Waals surface area contributed by atoms with Gasteiger partial charge in [0.1, 0.15) is 5.82 Å². The molecule has 1 N–H and O–H groups in total. The third-order valence-electron chi connectivity index (χ3n) is 3.00. The first-order chi connectivity index (χ1) is 9.17. The van der Waals surface area contributed by atoms with Gasteiger partial charge in [0.25, 0.3) is 0 Å². The molecule has 0 aliphatic rings. The highest BCUT2D eigenvalue weighted by Crippen LogP contribution is 2.12. The lowest BCUT2D eigenvalue weighted by Crippen LogP contribution is -2.26. The van der Waals surface area contributed by atoms with E-state index in [1.165, 1.54) is 25.0 Å². The Hall–Kier alpha value is -1.64. The van der Waals surface area contributed by atoms with Crippen LogP contribution in [0.2, 0.25) is 0 Å². The van der Waals surface area contributed by atoms with Crippen molar-refractivity contribution in [3.8, 4) is 0 Å². The second-order valence-corrected chi connectivity index (χ2v) is 4.65. The second kappa shape index (κ2) is 8.46. The molecule has 0 aromatic heterocycles. The molecule has 19 heavy (non-hydrogen) atoms. The van der Waals surface area contributed by atoms with Crippen molar-refractivity contribution in [2.75, 3.05) is 6.54 Å². The summed E-state index contributed by atoms with van der Waals surface area (Å²) in [4.78, 5) is 11.7. The van der Waals surface area contributed by atoms with Gasteiger partial charge in [-0.15, -0.1) is 0 Å². The van der Waals surface area contributed by atoms with E-state index in [1.54, 1.807) is 12.1 Å². The first-order valence-corrected chi connectivity index (χ1v) is 6.85. The quantitative estimate of drug-likeness (QED) is 0.712. The van der Waals surface area contributed by atoms with E-state index in [0.29, 0.717) is 12.1 Å². The van der Waals surface area contributed by atoms with Gasteiger partial charge in [0, 0.05) is 12.1 Å². The molecule has 1 amide bonds. The summed E-state index contributed by atoms with van der Waals surface area (Å²) in [6.07, 6.45) is 6.30. The molecule has 0 unspecified atom stereocenters. The molecule has 1 aromatic rings. The Morgan fingerprint density at radius 3 is 2.84 bits per heavy atom. The van der Waals surface area contributed by atoms with E-state index < -0.39 is 0 Å². The van der Waals surface area contributed by atoms with Gasteiger partial charge in [-0.2, -0.15) is 0 Å². The van der Waals surface area contributed by atoms with Crippen LogP contribution in [0.4, 0.5) is 4.39 Å². The van der Waals surface area contributed by atoms with Crippen molar-refractivity contribution >= 4 is 12.0 Å². The van der Waals surface area contributed by atoms with Crippen molar-refractivity contribution < 1.29 is 9.18 Å². The van der Waals surface area contributed by atoms with Crippen LogP contribution in [0, 0.1) is 5.82 Å². The van der Waals surface area contributed by atoms with Gasteiger partial charge in [0.2, 0.25) is 5.91 Å². The van der Waals surface area contributed by atoms with Crippen molar-refractivity contribution in [3.63, 3.8) is 0 Å². The van der Waals surface area contributed by atoms with Gasteiger partial charge >= 0.3 is 0 Å². The fraction of sp³-hybridized carbons (Fsp3) is 0.438. The summed E-state index contributed by atoms with van der Waals surface area (Å²) < 4.78 is 13.3. The number of hydrogen-bond acceptors (Lipinski definition) is 1. The smallest absolute Gasteiger partial charge is 0.224 e. The molecule has 0 aliphatic carbocycles. The molecule has 0 atom stereocenters. The van der Waals surface area contributed by atoms with E-state index in [4.69, 9.17) is 0 Å². The van der Waals surface area contributed by atoms with Gasteiger partial charge in [-0.05, 0) is 24.1 Å². The summed E-state index contributed by atoms with van der Waals surface area (Å²) >= 11 is 0. The monoisotopic (exact) mass is 263 g/mol. The molecule has 104 valence electrons. The summed E-state index contributed by atoms with van der Waals surface area (Å²) in [7, 11) is 0. The molecule has 0 bridgehead atoms. The first-order valence-electron chi connectivity index (χ1n) is 6.85. The Morgan fingerprint density at radius 1 is 1.37 bits per heavy atom. The fourth-order valence-corrected chi connectivity index (χ4v) is 1.89. The van der Waals surface area contributed by atoms with Crippen molar-refractivity contribution in [2.24, 2.45) is 0 Å². The zero-order chi connectivity index (χ0) is 14.1. The number of amides is 1. The standard InChI is InChI=1S/C16H22FNO/c1-3-5-6-7-10-18-16(19)12-13-8-9-15(17)14(4-2)11-13/h4,8-9,11H,2-3,5-7,10,12H2,1H3,(H,18,19). The largest absolute Gasteiger partial charge is 0.356 e. The number of benzene rings is 1. The van der Waals surface area contributed by atoms with Crippen LogP contribution in [0.15, 0.2) is 24.8 Å². The molecule has 0 saturated carbocycles. The molecule has 3 heteroatoms. The number of unbranched alkanes of at least 4 members (excludes halogenated alkanes) is 3. The molecule has 2 nitrogen and oxygen atoms in total. The minimum absolute atomic E-state index is 0.0156. The van der Waals surface area contributed by atoms with Crippen molar-refractivity contribution in [1.29, 1.82) is 0 Å². The number of rotatable bonds is 8. The van der Waals surface area contributed by atoms with Crippen molar-refractivity contribution in [2.45, 2.75) is 39.0 Å². The van der Waals surface area contributed by atoms with Crippen LogP contribution in [-0.4, -0.2) is 12.5 Å². The minimum atomic E-state index is -0.307. The van der Waals surface area contributed by atoms with E-state index >= 15 is 0 Å². The lowest BCUT2D eigenvalue weighted by Gasteiger charge is -2.06. The molecule has 0 fully saturated rings. The van der Waals surface area contributed by atoms with Gasteiger partial charge in [0.15, 0.2) is 0 Å². The summed E-state index contributed by atoms with van der Waals surface area (Å²) in [6.45, 7) is 6.42. The zero-order valence-electron chi connectivity index (χ0n) is 11.5. The SMILES string of the molecule is C=Cc1cc(CC(=O)NCCCCCC)ccc1F. The topological polar surface area (TPSA) is 29.1 Å². The molecule has 0 aliphatic heterocycles. The van der Waals surface area contributed by atoms with E-state index in [0.717, 1.165) is 18.4 Å². The molecular formula is C16H22FNO. The number of halogens is 1. The Morgan fingerprint density at radius 2 is 2.16 bits per heavy atom. The number of hydrogen-bond donors (Lipinski definition) is 1.